The van der Waals surface area contributed by atoms with Crippen molar-refractivity contribution in [1.82, 2.24) is 15.0 Å². The van der Waals surface area contributed by atoms with Crippen molar-refractivity contribution in [2.24, 2.45) is 0 Å². The molecular formula is C22H17N5OS. The van der Waals surface area contributed by atoms with Crippen molar-refractivity contribution in [2.45, 2.75) is 4.90 Å². The number of fused-ring (bicyclic) bond motifs is 2. The summed E-state index contributed by atoms with van der Waals surface area (Å²) >= 11 is 1.56. The molecule has 0 atom stereocenters. The van der Waals surface area contributed by atoms with E-state index in [4.69, 9.17) is 4.98 Å². The lowest BCUT2D eigenvalue weighted by Gasteiger charge is -2.17. The van der Waals surface area contributed by atoms with E-state index in [2.05, 4.69) is 38.8 Å². The molecule has 2 aromatic carbocycles. The summed E-state index contributed by atoms with van der Waals surface area (Å²) < 4.78 is 0. The molecule has 0 bridgehead atoms. The Morgan fingerprint density at radius 1 is 1.03 bits per heavy atom. The van der Waals surface area contributed by atoms with E-state index in [1.807, 2.05) is 37.4 Å². The van der Waals surface area contributed by atoms with E-state index in [0.717, 1.165) is 44.0 Å². The van der Waals surface area contributed by atoms with Gasteiger partial charge in [0, 0.05) is 35.3 Å². The second-order valence-electron chi connectivity index (χ2n) is 6.67. The van der Waals surface area contributed by atoms with Crippen LogP contribution in [0.25, 0.3) is 33.4 Å². The van der Waals surface area contributed by atoms with Crippen molar-refractivity contribution in [1.29, 1.82) is 0 Å². The first kappa shape index (κ1) is 17.6. The minimum Gasteiger partial charge on any atom is -0.373 e. The van der Waals surface area contributed by atoms with Crippen LogP contribution in [0.3, 0.4) is 0 Å². The molecule has 0 unspecified atom stereocenters. The SMILES string of the molecule is CNc1nc(-c2cccnc2)nc2ccc(-c3ccc4c(c3)SCC(=O)N4)cc12. The molecule has 0 fully saturated rings. The molecule has 0 aliphatic carbocycles. The van der Waals surface area contributed by atoms with E-state index in [1.54, 1.807) is 24.2 Å². The number of carbonyl (C=O) groups excluding carboxylic acids is 1. The van der Waals surface area contributed by atoms with Gasteiger partial charge < -0.3 is 10.6 Å². The molecule has 29 heavy (non-hydrogen) atoms. The molecule has 0 radical (unpaired) electrons. The molecule has 6 nitrogen and oxygen atoms in total. The Morgan fingerprint density at radius 2 is 1.90 bits per heavy atom. The second kappa shape index (κ2) is 7.18. The Morgan fingerprint density at radius 3 is 2.72 bits per heavy atom. The van der Waals surface area contributed by atoms with Crippen LogP contribution in [0.15, 0.2) is 65.8 Å². The lowest BCUT2D eigenvalue weighted by atomic mass is 10.0. The lowest BCUT2D eigenvalue weighted by molar-refractivity contribution is -0.113. The first-order valence-corrected chi connectivity index (χ1v) is 10.2. The van der Waals surface area contributed by atoms with Gasteiger partial charge in [0.25, 0.3) is 0 Å². The first-order valence-electron chi connectivity index (χ1n) is 9.18. The molecule has 0 spiro atoms. The highest BCUT2D eigenvalue weighted by Crippen LogP contribution is 2.36. The number of anilines is 2. The van der Waals surface area contributed by atoms with Gasteiger partial charge in [-0.1, -0.05) is 12.1 Å². The van der Waals surface area contributed by atoms with Crippen LogP contribution >= 0.6 is 11.8 Å². The van der Waals surface area contributed by atoms with Crippen molar-refractivity contribution in [3.63, 3.8) is 0 Å². The van der Waals surface area contributed by atoms with Gasteiger partial charge in [0.15, 0.2) is 5.82 Å². The van der Waals surface area contributed by atoms with Crippen LogP contribution in [0, 0.1) is 0 Å². The van der Waals surface area contributed by atoms with Crippen LogP contribution < -0.4 is 10.6 Å². The molecule has 0 saturated heterocycles. The van der Waals surface area contributed by atoms with E-state index < -0.39 is 0 Å². The number of aromatic nitrogens is 3. The smallest absolute Gasteiger partial charge is 0.234 e. The fourth-order valence-corrected chi connectivity index (χ4v) is 4.22. The van der Waals surface area contributed by atoms with Gasteiger partial charge in [-0.05, 0) is 47.5 Å². The normalized spacial score (nSPS) is 13.1. The number of hydrogen-bond donors (Lipinski definition) is 2. The maximum Gasteiger partial charge on any atom is 0.234 e. The van der Waals surface area contributed by atoms with Crippen molar-refractivity contribution >= 4 is 40.1 Å². The Hall–Kier alpha value is -3.45. The summed E-state index contributed by atoms with van der Waals surface area (Å²) in [4.78, 5) is 26.2. The van der Waals surface area contributed by atoms with Gasteiger partial charge in [-0.3, -0.25) is 9.78 Å². The molecule has 5 rings (SSSR count). The molecule has 7 heteroatoms. The third-order valence-corrected chi connectivity index (χ3v) is 5.86. The molecule has 0 saturated carbocycles. The number of hydrogen-bond acceptors (Lipinski definition) is 6. The summed E-state index contributed by atoms with van der Waals surface area (Å²) in [5, 5.41) is 7.06. The van der Waals surface area contributed by atoms with E-state index in [-0.39, 0.29) is 5.91 Å². The van der Waals surface area contributed by atoms with Crippen LogP contribution in [0.1, 0.15) is 0 Å². The maximum atomic E-state index is 11.6. The molecule has 4 aromatic rings. The van der Waals surface area contributed by atoms with E-state index in [1.165, 1.54) is 0 Å². The topological polar surface area (TPSA) is 79.8 Å². The number of nitrogens with zero attached hydrogens (tertiary/aromatic N) is 3. The van der Waals surface area contributed by atoms with Crippen molar-refractivity contribution < 1.29 is 4.79 Å². The average molecular weight is 399 g/mol. The number of amides is 1. The fraction of sp³-hybridized carbons (Fsp3) is 0.0909. The third-order valence-electron chi connectivity index (χ3n) is 4.80. The third kappa shape index (κ3) is 3.30. The molecule has 1 aliphatic rings. The van der Waals surface area contributed by atoms with Gasteiger partial charge in [0.05, 0.1) is 17.0 Å². The number of benzene rings is 2. The van der Waals surface area contributed by atoms with Gasteiger partial charge in [0.2, 0.25) is 5.91 Å². The fourth-order valence-electron chi connectivity index (χ4n) is 3.38. The largest absolute Gasteiger partial charge is 0.373 e. The summed E-state index contributed by atoms with van der Waals surface area (Å²) in [7, 11) is 1.86. The molecule has 1 aliphatic heterocycles. The van der Waals surface area contributed by atoms with Crippen LogP contribution in [0.4, 0.5) is 11.5 Å². The van der Waals surface area contributed by atoms with Gasteiger partial charge >= 0.3 is 0 Å². The number of thioether (sulfide) groups is 1. The zero-order chi connectivity index (χ0) is 19.8. The Bertz CT molecular complexity index is 1240. The van der Waals surface area contributed by atoms with Gasteiger partial charge in [0.1, 0.15) is 5.82 Å². The zero-order valence-electron chi connectivity index (χ0n) is 15.6. The number of nitrogens with one attached hydrogen (secondary N) is 2. The number of carbonyl (C=O) groups is 1. The Kier molecular flexibility index (Phi) is 4.37. The Balaban J connectivity index is 1.59. The predicted octanol–water partition coefficient (Wildman–Crippen LogP) is 4.44. The standard InChI is InChI=1S/C22H17N5OS/c1-23-22-16-9-13(14-5-7-18-19(10-14)29-12-20(28)25-18)4-6-17(16)26-21(27-22)15-3-2-8-24-11-15/h2-11H,12H2,1H3,(H,25,28)(H,23,26,27). The summed E-state index contributed by atoms with van der Waals surface area (Å²) in [6.07, 6.45) is 3.50. The minimum absolute atomic E-state index is 0.0428. The second-order valence-corrected chi connectivity index (χ2v) is 7.68. The highest BCUT2D eigenvalue weighted by molar-refractivity contribution is 8.00. The summed E-state index contributed by atoms with van der Waals surface area (Å²) in [5.74, 6) is 1.91. The monoisotopic (exact) mass is 399 g/mol. The Labute approximate surface area is 171 Å². The number of rotatable bonds is 3. The minimum atomic E-state index is 0.0428. The molecule has 142 valence electrons. The zero-order valence-corrected chi connectivity index (χ0v) is 16.5. The molecule has 1 amide bonds. The number of pyridine rings is 1. The van der Waals surface area contributed by atoms with Crippen LogP contribution in [-0.4, -0.2) is 33.7 Å². The van der Waals surface area contributed by atoms with Crippen LogP contribution in [0.5, 0.6) is 0 Å². The summed E-state index contributed by atoms with van der Waals surface area (Å²) in [6.45, 7) is 0. The van der Waals surface area contributed by atoms with Crippen molar-refractivity contribution in [3.8, 4) is 22.5 Å². The average Bonchev–Trinajstić information content (AvgIpc) is 2.78. The van der Waals surface area contributed by atoms with Crippen LogP contribution in [-0.2, 0) is 4.79 Å². The molecular weight excluding hydrogens is 382 g/mol. The van der Waals surface area contributed by atoms with Gasteiger partial charge in [-0.25, -0.2) is 9.97 Å². The lowest BCUT2D eigenvalue weighted by Crippen LogP contribution is -2.18. The van der Waals surface area contributed by atoms with Gasteiger partial charge in [-0.2, -0.15) is 0 Å². The van der Waals surface area contributed by atoms with E-state index >= 15 is 0 Å². The first-order chi connectivity index (χ1) is 14.2. The maximum absolute atomic E-state index is 11.6. The molecule has 3 heterocycles. The highest BCUT2D eigenvalue weighted by atomic mass is 32.2. The molecule has 2 aromatic heterocycles. The quantitative estimate of drug-likeness (QED) is 0.530. The summed E-state index contributed by atoms with van der Waals surface area (Å²) in [6, 6.07) is 16.1. The van der Waals surface area contributed by atoms with Gasteiger partial charge in [-0.15, -0.1) is 11.8 Å². The summed E-state index contributed by atoms with van der Waals surface area (Å²) in [5.41, 5.74) is 4.78. The van der Waals surface area contributed by atoms with E-state index in [0.29, 0.717) is 11.6 Å². The predicted molar refractivity (Wildman–Crippen MR) is 117 cm³/mol. The molecule has 2 N–H and O–H groups in total. The van der Waals surface area contributed by atoms with E-state index in [9.17, 15) is 4.79 Å². The van der Waals surface area contributed by atoms with Crippen molar-refractivity contribution in [2.75, 3.05) is 23.4 Å². The highest BCUT2D eigenvalue weighted by Gasteiger charge is 2.16. The van der Waals surface area contributed by atoms with Crippen LogP contribution in [0.2, 0.25) is 0 Å². The van der Waals surface area contributed by atoms with Crippen molar-refractivity contribution in [3.05, 3.63) is 60.9 Å².